The van der Waals surface area contributed by atoms with Crippen LogP contribution in [0.25, 0.3) is 0 Å². The lowest BCUT2D eigenvalue weighted by Crippen LogP contribution is -2.40. The zero-order valence-corrected chi connectivity index (χ0v) is 10.7. The summed E-state index contributed by atoms with van der Waals surface area (Å²) in [5.74, 6) is 0.689. The predicted molar refractivity (Wildman–Crippen MR) is 65.3 cm³/mol. The maximum atomic E-state index is 11.3. The van der Waals surface area contributed by atoms with Gasteiger partial charge in [0.25, 0.3) is 0 Å². The van der Waals surface area contributed by atoms with Gasteiger partial charge in [0.1, 0.15) is 0 Å². The van der Waals surface area contributed by atoms with E-state index in [9.17, 15) is 8.42 Å². The molecule has 0 bridgehead atoms. The maximum absolute atomic E-state index is 11.3. The van der Waals surface area contributed by atoms with E-state index >= 15 is 0 Å². The fraction of sp³-hybridized carbons (Fsp3) is 1.00. The maximum Gasteiger partial charge on any atom is 0.151 e. The summed E-state index contributed by atoms with van der Waals surface area (Å²) >= 11 is 0. The zero-order valence-electron chi connectivity index (χ0n) is 9.91. The average molecular weight is 246 g/mol. The average Bonchev–Trinajstić information content (AvgIpc) is 2.76. The molecular formula is C11H22N2O2S. The van der Waals surface area contributed by atoms with Crippen molar-refractivity contribution in [2.24, 2.45) is 0 Å². The largest absolute Gasteiger partial charge is 0.314 e. The third-order valence-corrected chi connectivity index (χ3v) is 5.32. The molecule has 2 saturated heterocycles. The Balaban J connectivity index is 1.73. The highest BCUT2D eigenvalue weighted by atomic mass is 32.2. The normalized spacial score (nSPS) is 35.3. The summed E-state index contributed by atoms with van der Waals surface area (Å²) in [6.45, 7) is 3.29. The van der Waals surface area contributed by atoms with E-state index in [0.717, 1.165) is 19.4 Å². The molecule has 2 heterocycles. The minimum Gasteiger partial charge on any atom is -0.314 e. The molecule has 0 spiro atoms. The van der Waals surface area contributed by atoms with E-state index in [2.05, 4.69) is 17.6 Å². The molecule has 0 saturated carbocycles. The molecule has 0 aromatic carbocycles. The minimum atomic E-state index is -2.75. The summed E-state index contributed by atoms with van der Waals surface area (Å²) in [6, 6.07) is 1.22. The quantitative estimate of drug-likeness (QED) is 0.749. The van der Waals surface area contributed by atoms with Crippen LogP contribution >= 0.6 is 0 Å². The Kier molecular flexibility index (Phi) is 3.87. The van der Waals surface area contributed by atoms with Gasteiger partial charge in [-0.1, -0.05) is 0 Å². The van der Waals surface area contributed by atoms with Crippen molar-refractivity contribution in [3.05, 3.63) is 0 Å². The molecule has 3 atom stereocenters. The molecule has 2 rings (SSSR count). The summed E-state index contributed by atoms with van der Waals surface area (Å²) in [5.41, 5.74) is 0. The lowest BCUT2D eigenvalue weighted by atomic mass is 10.1. The standard InChI is InChI=1S/C11H22N2O2S/c1-9(7-10-3-2-5-12-10)13-11-4-6-16(14,15)8-11/h9-13H,2-8H2,1H3. The fourth-order valence-electron chi connectivity index (χ4n) is 2.78. The van der Waals surface area contributed by atoms with Crippen molar-refractivity contribution in [3.63, 3.8) is 0 Å². The highest BCUT2D eigenvalue weighted by molar-refractivity contribution is 7.91. The van der Waals surface area contributed by atoms with E-state index in [-0.39, 0.29) is 6.04 Å². The third kappa shape index (κ3) is 3.43. The van der Waals surface area contributed by atoms with Crippen molar-refractivity contribution < 1.29 is 8.42 Å². The molecule has 94 valence electrons. The van der Waals surface area contributed by atoms with E-state index < -0.39 is 9.84 Å². The van der Waals surface area contributed by atoms with Crippen molar-refractivity contribution in [1.29, 1.82) is 0 Å². The molecule has 2 aliphatic rings. The van der Waals surface area contributed by atoms with Crippen LogP contribution in [0.1, 0.15) is 32.6 Å². The molecule has 3 unspecified atom stereocenters. The van der Waals surface area contributed by atoms with E-state index in [4.69, 9.17) is 0 Å². The van der Waals surface area contributed by atoms with Crippen LogP contribution in [-0.4, -0.2) is 44.6 Å². The Hall–Kier alpha value is -0.130. The fourth-order valence-corrected chi connectivity index (χ4v) is 4.47. The molecule has 0 radical (unpaired) electrons. The Labute approximate surface area is 98.1 Å². The number of nitrogens with one attached hydrogen (secondary N) is 2. The summed E-state index contributed by atoms with van der Waals surface area (Å²) in [7, 11) is -2.75. The van der Waals surface area contributed by atoms with Crippen LogP contribution < -0.4 is 10.6 Å². The van der Waals surface area contributed by atoms with Crippen molar-refractivity contribution in [2.45, 2.75) is 50.7 Å². The molecule has 0 aromatic rings. The minimum absolute atomic E-state index is 0.182. The molecule has 0 aromatic heterocycles. The summed E-state index contributed by atoms with van der Waals surface area (Å²) in [6.07, 6.45) is 4.42. The Morgan fingerprint density at radius 2 is 2.25 bits per heavy atom. The summed E-state index contributed by atoms with van der Waals surface area (Å²) < 4.78 is 22.6. The van der Waals surface area contributed by atoms with E-state index in [1.165, 1.54) is 12.8 Å². The first-order chi connectivity index (χ1) is 7.55. The molecule has 0 amide bonds. The smallest absolute Gasteiger partial charge is 0.151 e. The summed E-state index contributed by atoms with van der Waals surface area (Å²) in [4.78, 5) is 0. The van der Waals surface area contributed by atoms with Crippen LogP contribution in [0.4, 0.5) is 0 Å². The van der Waals surface area contributed by atoms with Crippen LogP contribution in [0.5, 0.6) is 0 Å². The summed E-state index contributed by atoms with van der Waals surface area (Å²) in [5, 5.41) is 6.91. The van der Waals surface area contributed by atoms with Crippen LogP contribution in [-0.2, 0) is 9.84 Å². The van der Waals surface area contributed by atoms with Crippen LogP contribution in [0.2, 0.25) is 0 Å². The second-order valence-electron chi connectivity index (χ2n) is 5.20. The molecule has 2 N–H and O–H groups in total. The van der Waals surface area contributed by atoms with Gasteiger partial charge in [0, 0.05) is 18.1 Å². The Morgan fingerprint density at radius 3 is 2.81 bits per heavy atom. The molecular weight excluding hydrogens is 224 g/mol. The van der Waals surface area contributed by atoms with Crippen LogP contribution in [0.3, 0.4) is 0 Å². The first-order valence-corrected chi connectivity index (χ1v) is 8.07. The van der Waals surface area contributed by atoms with Gasteiger partial charge in [0.2, 0.25) is 0 Å². The van der Waals surface area contributed by atoms with E-state index in [1.54, 1.807) is 0 Å². The molecule has 2 aliphatic heterocycles. The van der Waals surface area contributed by atoms with Gasteiger partial charge in [-0.05, 0) is 39.2 Å². The third-order valence-electron chi connectivity index (χ3n) is 3.55. The van der Waals surface area contributed by atoms with Gasteiger partial charge in [-0.25, -0.2) is 8.42 Å². The second kappa shape index (κ2) is 5.02. The first kappa shape index (κ1) is 12.3. The van der Waals surface area contributed by atoms with Gasteiger partial charge in [-0.15, -0.1) is 0 Å². The van der Waals surface area contributed by atoms with Gasteiger partial charge >= 0.3 is 0 Å². The van der Waals surface area contributed by atoms with Crippen molar-refractivity contribution in [2.75, 3.05) is 18.1 Å². The van der Waals surface area contributed by atoms with Crippen molar-refractivity contribution in [3.8, 4) is 0 Å². The predicted octanol–water partition coefficient (Wildman–Crippen LogP) is 0.294. The topological polar surface area (TPSA) is 58.2 Å². The number of rotatable bonds is 4. The van der Waals surface area contributed by atoms with Gasteiger partial charge in [-0.2, -0.15) is 0 Å². The molecule has 5 heteroatoms. The zero-order chi connectivity index (χ0) is 11.6. The number of hydrogen-bond acceptors (Lipinski definition) is 4. The van der Waals surface area contributed by atoms with Gasteiger partial charge < -0.3 is 10.6 Å². The Bertz CT molecular complexity index is 323. The number of sulfone groups is 1. The van der Waals surface area contributed by atoms with Gasteiger partial charge in [0.15, 0.2) is 9.84 Å². The Morgan fingerprint density at radius 1 is 1.44 bits per heavy atom. The van der Waals surface area contributed by atoms with E-state index in [0.29, 0.717) is 23.6 Å². The first-order valence-electron chi connectivity index (χ1n) is 6.25. The molecule has 2 fully saturated rings. The number of hydrogen-bond donors (Lipinski definition) is 2. The van der Waals surface area contributed by atoms with Crippen LogP contribution in [0, 0.1) is 0 Å². The SMILES string of the molecule is CC(CC1CCCN1)NC1CCS(=O)(=O)C1. The second-order valence-corrected chi connectivity index (χ2v) is 7.43. The molecule has 0 aliphatic carbocycles. The highest BCUT2D eigenvalue weighted by Crippen LogP contribution is 2.15. The van der Waals surface area contributed by atoms with Crippen molar-refractivity contribution >= 4 is 9.84 Å². The molecule has 4 nitrogen and oxygen atoms in total. The lowest BCUT2D eigenvalue weighted by molar-refractivity contribution is 0.405. The van der Waals surface area contributed by atoms with E-state index in [1.807, 2.05) is 0 Å². The van der Waals surface area contributed by atoms with Crippen molar-refractivity contribution in [1.82, 2.24) is 10.6 Å². The molecule has 16 heavy (non-hydrogen) atoms. The lowest BCUT2D eigenvalue weighted by Gasteiger charge is -2.21. The highest BCUT2D eigenvalue weighted by Gasteiger charge is 2.29. The van der Waals surface area contributed by atoms with Crippen LogP contribution in [0.15, 0.2) is 0 Å². The monoisotopic (exact) mass is 246 g/mol. The van der Waals surface area contributed by atoms with Gasteiger partial charge in [-0.3, -0.25) is 0 Å². The van der Waals surface area contributed by atoms with Gasteiger partial charge in [0.05, 0.1) is 11.5 Å².